The average molecular weight is 424 g/mol. The third-order valence-corrected chi connectivity index (χ3v) is 4.69. The van der Waals surface area contributed by atoms with E-state index in [1.807, 2.05) is 18.2 Å². The van der Waals surface area contributed by atoms with Gasteiger partial charge in [0.05, 0.1) is 33.4 Å². The Labute approximate surface area is 161 Å². The van der Waals surface area contributed by atoms with Crippen molar-refractivity contribution in [1.29, 1.82) is 0 Å². The van der Waals surface area contributed by atoms with Crippen LogP contribution in [-0.2, 0) is 5.60 Å². The summed E-state index contributed by atoms with van der Waals surface area (Å²) in [5.41, 5.74) is -0.285. The number of aliphatic hydroxyl groups is 1. The lowest BCUT2D eigenvalue weighted by molar-refractivity contribution is 0.0519. The maximum Gasteiger partial charge on any atom is 0.255 e. The predicted molar refractivity (Wildman–Crippen MR) is 102 cm³/mol. The number of rotatable bonds is 7. The zero-order valence-electron chi connectivity index (χ0n) is 15.1. The molecule has 1 amide bonds. The molecule has 0 heterocycles. The molecule has 0 aliphatic rings. The van der Waals surface area contributed by atoms with E-state index >= 15 is 0 Å². The van der Waals surface area contributed by atoms with Crippen molar-refractivity contribution in [3.8, 4) is 17.2 Å². The average Bonchev–Trinajstić information content (AvgIpc) is 2.64. The number of ether oxygens (including phenoxy) is 3. The summed E-state index contributed by atoms with van der Waals surface area (Å²) in [4.78, 5) is 12.6. The minimum Gasteiger partial charge on any atom is -0.493 e. The number of hydrogen-bond acceptors (Lipinski definition) is 5. The van der Waals surface area contributed by atoms with Gasteiger partial charge in [0.2, 0.25) is 5.75 Å². The van der Waals surface area contributed by atoms with Gasteiger partial charge in [-0.1, -0.05) is 34.1 Å². The van der Waals surface area contributed by atoms with E-state index in [1.54, 1.807) is 25.1 Å². The van der Waals surface area contributed by atoms with Crippen molar-refractivity contribution in [2.24, 2.45) is 0 Å². The van der Waals surface area contributed by atoms with Gasteiger partial charge in [0.15, 0.2) is 11.5 Å². The van der Waals surface area contributed by atoms with E-state index in [4.69, 9.17) is 14.2 Å². The van der Waals surface area contributed by atoms with Gasteiger partial charge < -0.3 is 24.6 Å². The molecule has 0 aromatic heterocycles. The van der Waals surface area contributed by atoms with Crippen LogP contribution < -0.4 is 19.5 Å². The molecule has 140 valence electrons. The van der Waals surface area contributed by atoms with Crippen molar-refractivity contribution < 1.29 is 24.1 Å². The third-order valence-electron chi connectivity index (χ3n) is 4.00. The van der Waals surface area contributed by atoms with E-state index < -0.39 is 11.5 Å². The molecule has 2 N–H and O–H groups in total. The highest BCUT2D eigenvalue weighted by Gasteiger charge is 2.27. The second-order valence-electron chi connectivity index (χ2n) is 5.82. The van der Waals surface area contributed by atoms with Crippen LogP contribution in [0.15, 0.2) is 40.9 Å². The predicted octanol–water partition coefficient (Wildman–Crippen LogP) is 3.11. The largest absolute Gasteiger partial charge is 0.493 e. The lowest BCUT2D eigenvalue weighted by atomic mass is 9.96. The molecule has 1 atom stereocenters. The molecule has 2 aromatic rings. The summed E-state index contributed by atoms with van der Waals surface area (Å²) in [7, 11) is 4.43. The van der Waals surface area contributed by atoms with Crippen LogP contribution in [0.25, 0.3) is 0 Å². The Balaban J connectivity index is 2.24. The fraction of sp³-hybridized carbons (Fsp3) is 0.316. The summed E-state index contributed by atoms with van der Waals surface area (Å²) in [6.45, 7) is 1.66. The lowest BCUT2D eigenvalue weighted by Crippen LogP contribution is -2.39. The molecule has 6 nitrogen and oxygen atoms in total. The van der Waals surface area contributed by atoms with Crippen LogP contribution in [0.2, 0.25) is 0 Å². The first kappa shape index (κ1) is 20.1. The molecule has 0 aliphatic heterocycles. The monoisotopic (exact) mass is 423 g/mol. The lowest BCUT2D eigenvalue weighted by Gasteiger charge is -2.25. The quantitative estimate of drug-likeness (QED) is 0.715. The summed E-state index contributed by atoms with van der Waals surface area (Å²) in [5, 5.41) is 13.5. The van der Waals surface area contributed by atoms with Crippen molar-refractivity contribution in [2.75, 3.05) is 27.9 Å². The Bertz CT molecular complexity index is 791. The van der Waals surface area contributed by atoms with Crippen LogP contribution in [0, 0.1) is 0 Å². The minimum atomic E-state index is -1.25. The minimum absolute atomic E-state index is 0.0198. The highest BCUT2D eigenvalue weighted by molar-refractivity contribution is 9.10. The van der Waals surface area contributed by atoms with Gasteiger partial charge in [-0.15, -0.1) is 0 Å². The van der Waals surface area contributed by atoms with Crippen LogP contribution in [0.3, 0.4) is 0 Å². The molecule has 0 radical (unpaired) electrons. The van der Waals surface area contributed by atoms with Crippen molar-refractivity contribution >= 4 is 21.8 Å². The molecule has 0 bridgehead atoms. The summed E-state index contributed by atoms with van der Waals surface area (Å²) in [6, 6.07) is 10.5. The van der Waals surface area contributed by atoms with Gasteiger partial charge in [0, 0.05) is 4.47 Å². The fourth-order valence-electron chi connectivity index (χ4n) is 2.62. The van der Waals surface area contributed by atoms with Crippen molar-refractivity contribution in [3.63, 3.8) is 0 Å². The second kappa shape index (κ2) is 8.42. The van der Waals surface area contributed by atoms with Gasteiger partial charge in [-0.25, -0.2) is 0 Å². The highest BCUT2D eigenvalue weighted by Crippen LogP contribution is 2.39. The molecule has 2 rings (SSSR count). The Morgan fingerprint density at radius 3 is 2.31 bits per heavy atom. The first-order chi connectivity index (χ1) is 12.4. The summed E-state index contributed by atoms with van der Waals surface area (Å²) >= 11 is 3.42. The van der Waals surface area contributed by atoms with E-state index in [2.05, 4.69) is 21.2 Å². The highest BCUT2D eigenvalue weighted by atomic mass is 79.9. The van der Waals surface area contributed by atoms with E-state index in [0.717, 1.165) is 4.47 Å². The van der Waals surface area contributed by atoms with Crippen molar-refractivity contribution in [3.05, 3.63) is 52.0 Å². The van der Waals surface area contributed by atoms with E-state index in [9.17, 15) is 9.90 Å². The van der Waals surface area contributed by atoms with Gasteiger partial charge in [-0.05, 0) is 30.7 Å². The molecule has 0 spiro atoms. The van der Waals surface area contributed by atoms with Gasteiger partial charge in [-0.3, -0.25) is 4.79 Å². The number of carbonyl (C=O) groups is 1. The van der Waals surface area contributed by atoms with Crippen LogP contribution >= 0.6 is 15.9 Å². The summed E-state index contributed by atoms with van der Waals surface area (Å²) < 4.78 is 16.6. The number of amides is 1. The number of halogens is 1. The van der Waals surface area contributed by atoms with E-state index in [1.165, 1.54) is 21.3 Å². The molecule has 0 saturated heterocycles. The number of methoxy groups -OCH3 is 3. The van der Waals surface area contributed by atoms with Crippen molar-refractivity contribution in [1.82, 2.24) is 5.32 Å². The molecule has 0 aliphatic carbocycles. The summed E-state index contributed by atoms with van der Waals surface area (Å²) in [6.07, 6.45) is 0. The Morgan fingerprint density at radius 2 is 1.73 bits per heavy atom. The van der Waals surface area contributed by atoms with Crippen LogP contribution in [-0.4, -0.2) is 38.9 Å². The van der Waals surface area contributed by atoms with Gasteiger partial charge in [-0.2, -0.15) is 0 Å². The first-order valence-corrected chi connectivity index (χ1v) is 8.69. The van der Waals surface area contributed by atoms with Gasteiger partial charge in [0.25, 0.3) is 5.91 Å². The first-order valence-electron chi connectivity index (χ1n) is 7.90. The number of benzene rings is 2. The zero-order chi connectivity index (χ0) is 19.3. The second-order valence-corrected chi connectivity index (χ2v) is 6.67. The van der Waals surface area contributed by atoms with Gasteiger partial charge >= 0.3 is 0 Å². The third kappa shape index (κ3) is 4.11. The number of hydrogen-bond donors (Lipinski definition) is 2. The molecule has 0 unspecified atom stereocenters. The molecular formula is C19H22BrNO5. The SMILES string of the molecule is COc1ccc(C(=O)NC[C@](C)(O)c2ccccc2Br)c(OC)c1OC. The smallest absolute Gasteiger partial charge is 0.255 e. The molecular weight excluding hydrogens is 402 g/mol. The van der Waals surface area contributed by atoms with Crippen LogP contribution in [0.5, 0.6) is 17.2 Å². The molecule has 0 fully saturated rings. The molecule has 26 heavy (non-hydrogen) atoms. The number of carbonyl (C=O) groups excluding carboxylic acids is 1. The Morgan fingerprint density at radius 1 is 1.08 bits per heavy atom. The summed E-state index contributed by atoms with van der Waals surface area (Å²) in [5.74, 6) is 0.668. The van der Waals surface area contributed by atoms with Crippen molar-refractivity contribution in [2.45, 2.75) is 12.5 Å². The topological polar surface area (TPSA) is 77.0 Å². The standard InChI is InChI=1S/C19H22BrNO5/c1-19(23,13-7-5-6-8-14(13)20)11-21-18(22)12-9-10-15(24-2)17(26-4)16(12)25-3/h5-10,23H,11H2,1-4H3,(H,21,22)/t19-/m0/s1. The normalized spacial score (nSPS) is 12.8. The zero-order valence-corrected chi connectivity index (χ0v) is 16.7. The molecule has 7 heteroatoms. The Kier molecular flexibility index (Phi) is 6.50. The number of nitrogens with one attached hydrogen (secondary N) is 1. The maximum atomic E-state index is 12.6. The Hall–Kier alpha value is -2.25. The molecule has 2 aromatic carbocycles. The fourth-order valence-corrected chi connectivity index (χ4v) is 3.33. The van der Waals surface area contributed by atoms with E-state index in [-0.39, 0.29) is 17.9 Å². The van der Waals surface area contributed by atoms with Gasteiger partial charge in [0.1, 0.15) is 5.60 Å². The maximum absolute atomic E-state index is 12.6. The van der Waals surface area contributed by atoms with Crippen LogP contribution in [0.1, 0.15) is 22.8 Å². The molecule has 0 saturated carbocycles. The van der Waals surface area contributed by atoms with E-state index in [0.29, 0.717) is 17.1 Å². The van der Waals surface area contributed by atoms with Crippen LogP contribution in [0.4, 0.5) is 0 Å².